The molecule has 70 valence electrons. The Kier molecular flexibility index (Phi) is 5.23. The summed E-state index contributed by atoms with van der Waals surface area (Å²) in [4.78, 5) is 25.7. The van der Waals surface area contributed by atoms with Crippen LogP contribution in [0, 0.1) is 0 Å². The number of aliphatic hydroxyl groups excluding tert-OH is 1. The van der Waals surface area contributed by atoms with Gasteiger partial charge in [0.1, 0.15) is 0 Å². The number of carbonyl (C=O) groups excluding carboxylic acids is 2. The molecule has 0 fully saturated rings. The van der Waals surface area contributed by atoms with Crippen molar-refractivity contribution in [3.63, 3.8) is 0 Å². The summed E-state index contributed by atoms with van der Waals surface area (Å²) in [5, 5.41) is 9.20. The van der Waals surface area contributed by atoms with Crippen LogP contribution in [0.15, 0.2) is 0 Å². The first kappa shape index (κ1) is 11.1. The lowest BCUT2D eigenvalue weighted by molar-refractivity contribution is -0.237. The summed E-state index contributed by atoms with van der Waals surface area (Å²) < 4.78 is 0. The number of hydrogen-bond donors (Lipinski definition) is 1. The number of rotatable bonds is 5. The molecule has 0 saturated carbocycles. The molecule has 0 aromatic rings. The predicted octanol–water partition coefficient (Wildman–Crippen LogP) is 0.0414. The number of imide groups is 1. The van der Waals surface area contributed by atoms with Crippen LogP contribution in [0.5, 0.6) is 0 Å². The van der Waals surface area contributed by atoms with Crippen LogP contribution < -0.4 is 0 Å². The summed E-state index contributed by atoms with van der Waals surface area (Å²) in [5.41, 5.74) is 0. The molecule has 0 aliphatic carbocycles. The zero-order valence-corrected chi connectivity index (χ0v) is 7.19. The van der Waals surface area contributed by atoms with Crippen molar-refractivity contribution in [2.24, 2.45) is 0 Å². The molecule has 0 radical (unpaired) electrons. The minimum atomic E-state index is -1.16. The fourth-order valence-corrected chi connectivity index (χ4v) is 0.631. The molecule has 0 bridgehead atoms. The normalized spacial score (nSPS) is 12.2. The number of nitrogens with zero attached hydrogens (tertiary/aromatic N) is 1. The zero-order valence-electron chi connectivity index (χ0n) is 7.19. The molecule has 0 heterocycles. The highest BCUT2D eigenvalue weighted by Gasteiger charge is 2.13. The smallest absolute Gasteiger partial charge is 0.253 e. The summed E-state index contributed by atoms with van der Waals surface area (Å²) in [6.07, 6.45) is -0.0568. The third-order valence-electron chi connectivity index (χ3n) is 1.07. The summed E-state index contributed by atoms with van der Waals surface area (Å²) in [6, 6.07) is 0. The van der Waals surface area contributed by atoms with Crippen molar-refractivity contribution in [1.82, 2.24) is 5.06 Å². The topological polar surface area (TPSA) is 66.8 Å². The van der Waals surface area contributed by atoms with Gasteiger partial charge in [-0.3, -0.25) is 9.59 Å². The van der Waals surface area contributed by atoms with Crippen molar-refractivity contribution in [1.29, 1.82) is 0 Å². The van der Waals surface area contributed by atoms with Gasteiger partial charge >= 0.3 is 0 Å². The van der Waals surface area contributed by atoms with E-state index < -0.39 is 12.2 Å². The van der Waals surface area contributed by atoms with Crippen LogP contribution in [0.4, 0.5) is 0 Å². The van der Waals surface area contributed by atoms with Crippen LogP contribution in [-0.4, -0.2) is 28.8 Å². The zero-order chi connectivity index (χ0) is 9.56. The van der Waals surface area contributed by atoms with Crippen molar-refractivity contribution in [2.45, 2.75) is 33.0 Å². The van der Waals surface area contributed by atoms with Crippen LogP contribution >= 0.6 is 0 Å². The number of amides is 2. The molecule has 0 aliphatic heterocycles. The van der Waals surface area contributed by atoms with Crippen LogP contribution in [0.25, 0.3) is 0 Å². The molecular weight excluding hydrogens is 162 g/mol. The van der Waals surface area contributed by atoms with E-state index in [1.165, 1.54) is 6.92 Å². The van der Waals surface area contributed by atoms with Gasteiger partial charge in [0.2, 0.25) is 6.41 Å². The first-order chi connectivity index (χ1) is 5.61. The summed E-state index contributed by atoms with van der Waals surface area (Å²) in [7, 11) is 0. The lowest BCUT2D eigenvalue weighted by atomic mass is 10.3. The molecule has 0 saturated heterocycles. The van der Waals surface area contributed by atoms with E-state index in [1.807, 2.05) is 6.92 Å². The monoisotopic (exact) mass is 175 g/mol. The average molecular weight is 175 g/mol. The second-order valence-electron chi connectivity index (χ2n) is 2.28. The molecule has 12 heavy (non-hydrogen) atoms. The number of hydroxylamine groups is 2. The lowest BCUT2D eigenvalue weighted by Gasteiger charge is -2.15. The minimum absolute atomic E-state index is 0.228. The highest BCUT2D eigenvalue weighted by atomic mass is 16.8. The number of aliphatic hydroxyl groups is 1. The molecule has 2 amide bonds. The molecule has 0 aromatic heterocycles. The largest absolute Gasteiger partial charge is 0.366 e. The van der Waals surface area contributed by atoms with Gasteiger partial charge in [0.25, 0.3) is 5.91 Å². The van der Waals surface area contributed by atoms with Crippen molar-refractivity contribution in [3.05, 3.63) is 0 Å². The van der Waals surface area contributed by atoms with Crippen LogP contribution in [0.3, 0.4) is 0 Å². The summed E-state index contributed by atoms with van der Waals surface area (Å²) in [5.74, 6) is -0.451. The first-order valence-corrected chi connectivity index (χ1v) is 3.74. The first-order valence-electron chi connectivity index (χ1n) is 3.74. The average Bonchev–Trinajstić information content (AvgIpc) is 2.00. The molecule has 0 aromatic carbocycles. The second-order valence-corrected chi connectivity index (χ2v) is 2.28. The van der Waals surface area contributed by atoms with E-state index in [0.717, 1.165) is 0 Å². The molecule has 0 aliphatic rings. The van der Waals surface area contributed by atoms with Gasteiger partial charge in [-0.1, -0.05) is 6.92 Å². The van der Waals surface area contributed by atoms with E-state index in [0.29, 0.717) is 11.5 Å². The molecule has 5 nitrogen and oxygen atoms in total. The number of carbonyl (C=O) groups is 2. The van der Waals surface area contributed by atoms with Crippen molar-refractivity contribution in [2.75, 3.05) is 0 Å². The van der Waals surface area contributed by atoms with Gasteiger partial charge in [-0.05, 0) is 13.3 Å². The Balaban J connectivity index is 3.96. The number of hydrogen-bond acceptors (Lipinski definition) is 4. The third kappa shape index (κ3) is 4.05. The lowest BCUT2D eigenvalue weighted by Crippen LogP contribution is -2.32. The maximum atomic E-state index is 11.0. The highest BCUT2D eigenvalue weighted by Crippen LogP contribution is 1.98. The van der Waals surface area contributed by atoms with E-state index in [9.17, 15) is 9.59 Å². The van der Waals surface area contributed by atoms with Gasteiger partial charge in [0, 0.05) is 6.42 Å². The van der Waals surface area contributed by atoms with Gasteiger partial charge in [0.05, 0.1) is 0 Å². The van der Waals surface area contributed by atoms with E-state index in [-0.39, 0.29) is 12.8 Å². The van der Waals surface area contributed by atoms with Crippen molar-refractivity contribution < 1.29 is 19.5 Å². The maximum Gasteiger partial charge on any atom is 0.253 e. The van der Waals surface area contributed by atoms with Crippen LogP contribution in [0.2, 0.25) is 0 Å². The maximum absolute atomic E-state index is 11.0. The molecular formula is C7H13NO4. The second kappa shape index (κ2) is 5.68. The van der Waals surface area contributed by atoms with Crippen molar-refractivity contribution in [3.8, 4) is 0 Å². The van der Waals surface area contributed by atoms with E-state index >= 15 is 0 Å². The quantitative estimate of drug-likeness (QED) is 0.364. The van der Waals surface area contributed by atoms with Crippen LogP contribution in [0.1, 0.15) is 26.7 Å². The van der Waals surface area contributed by atoms with Crippen LogP contribution in [-0.2, 0) is 14.4 Å². The fraction of sp³-hybridized carbons (Fsp3) is 0.714. The highest BCUT2D eigenvalue weighted by molar-refractivity contribution is 5.84. The van der Waals surface area contributed by atoms with Gasteiger partial charge < -0.3 is 5.11 Å². The Morgan fingerprint density at radius 3 is 2.67 bits per heavy atom. The Hall–Kier alpha value is -0.940. The summed E-state index contributed by atoms with van der Waals surface area (Å²) >= 11 is 0. The molecule has 1 N–H and O–H groups in total. The summed E-state index contributed by atoms with van der Waals surface area (Å²) in [6.45, 7) is 3.12. The van der Waals surface area contributed by atoms with Gasteiger partial charge in [-0.15, -0.1) is 0 Å². The molecule has 0 rings (SSSR count). The molecule has 1 atom stereocenters. The third-order valence-corrected chi connectivity index (χ3v) is 1.07. The molecule has 1 unspecified atom stereocenters. The SMILES string of the molecule is CCCC(=O)N(C=O)OC(C)O. The minimum Gasteiger partial charge on any atom is -0.366 e. The Labute approximate surface area is 70.9 Å². The standard InChI is InChI=1S/C7H13NO4/c1-3-4-7(11)8(5-9)12-6(2)10/h5-6,10H,3-4H2,1-2H3. The fourth-order valence-electron chi connectivity index (χ4n) is 0.631. The Bertz CT molecular complexity index is 157. The van der Waals surface area contributed by atoms with E-state index in [4.69, 9.17) is 5.11 Å². The van der Waals surface area contributed by atoms with E-state index in [1.54, 1.807) is 0 Å². The Morgan fingerprint density at radius 1 is 1.75 bits per heavy atom. The molecule has 0 spiro atoms. The van der Waals surface area contributed by atoms with Gasteiger partial charge in [-0.25, -0.2) is 4.84 Å². The van der Waals surface area contributed by atoms with E-state index in [2.05, 4.69) is 4.84 Å². The van der Waals surface area contributed by atoms with Crippen molar-refractivity contribution >= 4 is 12.3 Å². The van der Waals surface area contributed by atoms with Gasteiger partial charge in [0.15, 0.2) is 6.29 Å². The Morgan fingerprint density at radius 2 is 2.33 bits per heavy atom. The van der Waals surface area contributed by atoms with Gasteiger partial charge in [-0.2, -0.15) is 5.06 Å². The predicted molar refractivity (Wildman–Crippen MR) is 40.6 cm³/mol. The molecule has 5 heteroatoms.